The van der Waals surface area contributed by atoms with Crippen LogP contribution in [-0.2, 0) is 17.9 Å². The Morgan fingerprint density at radius 1 is 1.21 bits per heavy atom. The van der Waals surface area contributed by atoms with Crippen LogP contribution < -0.4 is 5.32 Å². The number of aromatic nitrogens is 3. The minimum Gasteiger partial charge on any atom is -0.360 e. The summed E-state index contributed by atoms with van der Waals surface area (Å²) in [6, 6.07) is 13.0. The summed E-state index contributed by atoms with van der Waals surface area (Å²) in [5.74, 6) is -0.231. The number of H-pyrrole nitrogens is 1. The predicted octanol–water partition coefficient (Wildman–Crippen LogP) is 2.94. The van der Waals surface area contributed by atoms with Gasteiger partial charge in [-0.1, -0.05) is 24.3 Å². The summed E-state index contributed by atoms with van der Waals surface area (Å²) in [5, 5.41) is 10.2. The van der Waals surface area contributed by atoms with Crippen molar-refractivity contribution in [3.63, 3.8) is 0 Å². The van der Waals surface area contributed by atoms with Crippen molar-refractivity contribution in [3.05, 3.63) is 76.4 Å². The maximum absolute atomic E-state index is 13.3. The fourth-order valence-corrected chi connectivity index (χ4v) is 4.41. The van der Waals surface area contributed by atoms with Crippen LogP contribution in [0.3, 0.4) is 0 Å². The monoisotopic (exact) mass is 405 g/mol. The van der Waals surface area contributed by atoms with E-state index in [0.717, 1.165) is 21.5 Å². The Bertz CT molecular complexity index is 1180. The maximum atomic E-state index is 13.3. The number of para-hydroxylation sites is 1. The predicted molar refractivity (Wildman–Crippen MR) is 110 cm³/mol. The van der Waals surface area contributed by atoms with Crippen LogP contribution in [0.4, 0.5) is 0 Å². The quantitative estimate of drug-likeness (QED) is 0.548. The lowest BCUT2D eigenvalue weighted by Gasteiger charge is -2.33. The third-order valence-corrected chi connectivity index (χ3v) is 6.10. The molecule has 2 N–H and O–H groups in total. The third-order valence-electron chi connectivity index (χ3n) is 5.22. The first-order valence-electron chi connectivity index (χ1n) is 9.38. The fraction of sp³-hybridized carbons (Fsp3) is 0.190. The summed E-state index contributed by atoms with van der Waals surface area (Å²) < 4.78 is 1.72. The van der Waals surface area contributed by atoms with Crippen LogP contribution in [0.1, 0.15) is 27.0 Å². The molecule has 29 heavy (non-hydrogen) atoms. The zero-order chi connectivity index (χ0) is 19.8. The lowest BCUT2D eigenvalue weighted by Crippen LogP contribution is -2.46. The van der Waals surface area contributed by atoms with Gasteiger partial charge in [-0.15, -0.1) is 11.3 Å². The average Bonchev–Trinajstić information content (AvgIpc) is 3.51. The first-order valence-corrected chi connectivity index (χ1v) is 10.3. The summed E-state index contributed by atoms with van der Waals surface area (Å²) >= 11 is 1.60. The number of fused-ring (bicyclic) bond motifs is 2. The van der Waals surface area contributed by atoms with Crippen LogP contribution in [0.15, 0.2) is 60.2 Å². The summed E-state index contributed by atoms with van der Waals surface area (Å²) in [6.07, 6.45) is 3.42. The highest BCUT2D eigenvalue weighted by Crippen LogP contribution is 2.25. The van der Waals surface area contributed by atoms with Gasteiger partial charge < -0.3 is 15.2 Å². The van der Waals surface area contributed by atoms with E-state index < -0.39 is 6.04 Å². The number of benzene rings is 1. The second-order valence-electron chi connectivity index (χ2n) is 7.01. The fourth-order valence-electron chi connectivity index (χ4n) is 3.77. The molecule has 146 valence electrons. The molecule has 0 radical (unpaired) electrons. The number of thiophene rings is 1. The van der Waals surface area contributed by atoms with Crippen molar-refractivity contribution in [2.75, 3.05) is 6.54 Å². The van der Waals surface area contributed by atoms with Crippen LogP contribution in [-0.4, -0.2) is 38.0 Å². The van der Waals surface area contributed by atoms with Crippen molar-refractivity contribution in [2.24, 2.45) is 0 Å². The Labute approximate surface area is 171 Å². The molecule has 1 aliphatic rings. The zero-order valence-electron chi connectivity index (χ0n) is 15.5. The minimum atomic E-state index is -0.553. The van der Waals surface area contributed by atoms with Crippen LogP contribution in [0.25, 0.3) is 10.9 Å². The van der Waals surface area contributed by atoms with Gasteiger partial charge in [0.05, 0.1) is 30.9 Å². The molecular weight excluding hydrogens is 386 g/mol. The number of carbonyl (C=O) groups excluding carboxylic acids is 2. The summed E-state index contributed by atoms with van der Waals surface area (Å²) in [4.78, 5) is 32.1. The van der Waals surface area contributed by atoms with E-state index >= 15 is 0 Å². The van der Waals surface area contributed by atoms with Gasteiger partial charge in [-0.3, -0.25) is 14.3 Å². The minimum absolute atomic E-state index is 0.0917. The molecule has 0 spiro atoms. The molecule has 3 aromatic heterocycles. The summed E-state index contributed by atoms with van der Waals surface area (Å²) in [7, 11) is 0. The highest BCUT2D eigenvalue weighted by molar-refractivity contribution is 7.09. The van der Waals surface area contributed by atoms with Gasteiger partial charge in [-0.25, -0.2) is 0 Å². The second kappa shape index (κ2) is 7.21. The number of rotatable bonds is 4. The molecule has 0 saturated carbocycles. The number of hydrogen-bond donors (Lipinski definition) is 2. The molecule has 7 nitrogen and oxygen atoms in total. The number of nitrogens with zero attached hydrogens (tertiary/aromatic N) is 3. The van der Waals surface area contributed by atoms with Crippen molar-refractivity contribution in [1.82, 2.24) is 25.0 Å². The van der Waals surface area contributed by atoms with Gasteiger partial charge in [0, 0.05) is 28.2 Å². The molecule has 0 aliphatic carbocycles. The lowest BCUT2D eigenvalue weighted by atomic mass is 10.1. The first-order chi connectivity index (χ1) is 14.2. The van der Waals surface area contributed by atoms with Gasteiger partial charge in [0.1, 0.15) is 6.04 Å². The number of carbonyl (C=O) groups is 2. The first kappa shape index (κ1) is 17.7. The smallest absolute Gasteiger partial charge is 0.256 e. The largest absolute Gasteiger partial charge is 0.360 e. The second-order valence-corrected chi connectivity index (χ2v) is 8.05. The van der Waals surface area contributed by atoms with E-state index in [1.807, 2.05) is 47.8 Å². The van der Waals surface area contributed by atoms with Gasteiger partial charge >= 0.3 is 0 Å². The molecule has 1 aromatic carbocycles. The molecule has 2 amide bonds. The summed E-state index contributed by atoms with van der Waals surface area (Å²) in [5.41, 5.74) is 2.38. The SMILES string of the molecule is O=C(NCc1cccs1)[C@@H]1CN(C(=O)c2c[nH]c3ccccc23)Cc2ccnn21. The molecule has 5 rings (SSSR count). The number of nitrogens with one attached hydrogen (secondary N) is 2. The van der Waals surface area contributed by atoms with E-state index in [9.17, 15) is 9.59 Å². The van der Waals surface area contributed by atoms with Gasteiger partial charge in [0.2, 0.25) is 5.91 Å². The Kier molecular flexibility index (Phi) is 4.40. The van der Waals surface area contributed by atoms with Crippen LogP contribution in [0, 0.1) is 0 Å². The molecule has 4 heterocycles. The van der Waals surface area contributed by atoms with E-state index in [-0.39, 0.29) is 18.4 Å². The Morgan fingerprint density at radius 2 is 2.10 bits per heavy atom. The van der Waals surface area contributed by atoms with Crippen molar-refractivity contribution >= 4 is 34.1 Å². The van der Waals surface area contributed by atoms with Gasteiger partial charge in [0.25, 0.3) is 5.91 Å². The molecule has 0 unspecified atom stereocenters. The normalized spacial score (nSPS) is 16.0. The van der Waals surface area contributed by atoms with E-state index in [0.29, 0.717) is 18.7 Å². The standard InChI is InChI=1S/C21H19N5O2S/c27-20(23-10-15-4-3-9-29-15)19-13-25(12-14-7-8-24-26(14)19)21(28)17-11-22-18-6-2-1-5-16(17)18/h1-9,11,19,22H,10,12-13H2,(H,23,27)/t19-/m0/s1. The Morgan fingerprint density at radius 3 is 2.97 bits per heavy atom. The van der Waals surface area contributed by atoms with Crippen LogP contribution >= 0.6 is 11.3 Å². The Hall–Kier alpha value is -3.39. The van der Waals surface area contributed by atoms with E-state index in [4.69, 9.17) is 0 Å². The number of aromatic amines is 1. The molecule has 0 saturated heterocycles. The third kappa shape index (κ3) is 3.21. The highest BCUT2D eigenvalue weighted by Gasteiger charge is 2.34. The number of amides is 2. The average molecular weight is 405 g/mol. The molecule has 0 fully saturated rings. The van der Waals surface area contributed by atoms with Crippen molar-refractivity contribution in [1.29, 1.82) is 0 Å². The zero-order valence-corrected chi connectivity index (χ0v) is 16.4. The van der Waals surface area contributed by atoms with Crippen molar-refractivity contribution in [2.45, 2.75) is 19.1 Å². The van der Waals surface area contributed by atoms with E-state index in [2.05, 4.69) is 15.4 Å². The van der Waals surface area contributed by atoms with E-state index in [1.165, 1.54) is 0 Å². The molecular formula is C21H19N5O2S. The van der Waals surface area contributed by atoms with Crippen molar-refractivity contribution < 1.29 is 9.59 Å². The molecule has 0 bridgehead atoms. The number of hydrogen-bond acceptors (Lipinski definition) is 4. The summed E-state index contributed by atoms with van der Waals surface area (Å²) in [6.45, 7) is 1.18. The molecule has 4 aromatic rings. The van der Waals surface area contributed by atoms with Gasteiger partial charge in [0.15, 0.2) is 0 Å². The van der Waals surface area contributed by atoms with Crippen molar-refractivity contribution in [3.8, 4) is 0 Å². The van der Waals surface area contributed by atoms with Crippen LogP contribution in [0.2, 0.25) is 0 Å². The maximum Gasteiger partial charge on any atom is 0.256 e. The topological polar surface area (TPSA) is 83.0 Å². The molecule has 1 aliphatic heterocycles. The van der Waals surface area contributed by atoms with Crippen LogP contribution in [0.5, 0.6) is 0 Å². The van der Waals surface area contributed by atoms with Gasteiger partial charge in [-0.05, 0) is 23.6 Å². The highest BCUT2D eigenvalue weighted by atomic mass is 32.1. The molecule has 8 heteroatoms. The lowest BCUT2D eigenvalue weighted by molar-refractivity contribution is -0.125. The van der Waals surface area contributed by atoms with E-state index in [1.54, 1.807) is 33.3 Å². The Balaban J connectivity index is 1.39. The molecule has 1 atom stereocenters. The van der Waals surface area contributed by atoms with Gasteiger partial charge in [-0.2, -0.15) is 5.10 Å².